The molecule has 1 aromatic heterocycles. The highest BCUT2D eigenvalue weighted by atomic mass is 32.1. The van der Waals surface area contributed by atoms with Gasteiger partial charge in [-0.3, -0.25) is 10.1 Å². The number of anilines is 1. The first-order chi connectivity index (χ1) is 10.9. The molecule has 0 atom stereocenters. The van der Waals surface area contributed by atoms with Crippen LogP contribution in [-0.4, -0.2) is 22.7 Å². The smallest absolute Gasteiger partial charge is 0.264 e. The van der Waals surface area contributed by atoms with Crippen molar-refractivity contribution in [2.75, 3.05) is 11.9 Å². The summed E-state index contributed by atoms with van der Waals surface area (Å²) in [5.41, 5.74) is 1.05. The molecule has 0 unspecified atom stereocenters. The van der Waals surface area contributed by atoms with Gasteiger partial charge in [0, 0.05) is 5.92 Å². The van der Waals surface area contributed by atoms with Crippen molar-refractivity contribution in [3.8, 4) is 5.75 Å². The highest BCUT2D eigenvalue weighted by Crippen LogP contribution is 2.42. The lowest BCUT2D eigenvalue weighted by molar-refractivity contribution is -0.118. The molecule has 23 heavy (non-hydrogen) atoms. The predicted octanol–water partition coefficient (Wildman–Crippen LogP) is 3.73. The molecule has 1 saturated carbocycles. The molecule has 1 aromatic carbocycles. The number of para-hydroxylation sites is 1. The summed E-state index contributed by atoms with van der Waals surface area (Å²) in [5.74, 6) is 1.08. The monoisotopic (exact) mass is 331 g/mol. The second-order valence-electron chi connectivity index (χ2n) is 6.80. The van der Waals surface area contributed by atoms with Crippen LogP contribution in [0.25, 0.3) is 0 Å². The van der Waals surface area contributed by atoms with E-state index >= 15 is 0 Å². The molecule has 0 radical (unpaired) electrons. The van der Waals surface area contributed by atoms with Gasteiger partial charge in [-0.15, -0.1) is 10.2 Å². The van der Waals surface area contributed by atoms with Gasteiger partial charge in [-0.2, -0.15) is 0 Å². The van der Waals surface area contributed by atoms with Gasteiger partial charge in [0.05, 0.1) is 0 Å². The lowest BCUT2D eigenvalue weighted by Crippen LogP contribution is -2.21. The predicted molar refractivity (Wildman–Crippen MR) is 91.2 cm³/mol. The molecule has 6 heteroatoms. The largest absolute Gasteiger partial charge is 0.483 e. The first-order valence-electron chi connectivity index (χ1n) is 7.79. The molecule has 0 spiro atoms. The first-order valence-corrected chi connectivity index (χ1v) is 8.60. The minimum absolute atomic E-state index is 0.0362. The Kier molecular flexibility index (Phi) is 4.35. The van der Waals surface area contributed by atoms with Crippen molar-refractivity contribution in [1.82, 2.24) is 10.2 Å². The van der Waals surface area contributed by atoms with Crippen molar-refractivity contribution in [3.63, 3.8) is 0 Å². The molecule has 1 aliphatic rings. The van der Waals surface area contributed by atoms with Crippen LogP contribution < -0.4 is 10.1 Å². The van der Waals surface area contributed by atoms with Gasteiger partial charge in [0.1, 0.15) is 10.8 Å². The summed E-state index contributed by atoms with van der Waals surface area (Å²) in [6.45, 7) is 6.33. The molecule has 0 aliphatic heterocycles. The van der Waals surface area contributed by atoms with E-state index < -0.39 is 0 Å². The molecule has 1 heterocycles. The minimum Gasteiger partial charge on any atom is -0.483 e. The first kappa shape index (κ1) is 15.9. The van der Waals surface area contributed by atoms with Crippen LogP contribution >= 0.6 is 11.3 Å². The van der Waals surface area contributed by atoms with E-state index in [0.29, 0.717) is 11.0 Å². The second kappa shape index (κ2) is 6.28. The van der Waals surface area contributed by atoms with Crippen LogP contribution in [0.15, 0.2) is 24.3 Å². The fraction of sp³-hybridized carbons (Fsp3) is 0.471. The Labute approximate surface area is 140 Å². The standard InChI is InChI=1S/C17H21N3O2S/c1-17(2,3)12-6-4-5-7-13(12)22-10-14(21)18-16-20-19-15(23-16)11-8-9-11/h4-7,11H,8-10H2,1-3H3,(H,18,20,21). The number of hydrogen-bond donors (Lipinski definition) is 1. The average Bonchev–Trinajstić information content (AvgIpc) is 3.25. The van der Waals surface area contributed by atoms with E-state index in [-0.39, 0.29) is 17.9 Å². The fourth-order valence-electron chi connectivity index (χ4n) is 2.29. The van der Waals surface area contributed by atoms with Gasteiger partial charge in [-0.25, -0.2) is 0 Å². The highest BCUT2D eigenvalue weighted by Gasteiger charge is 2.27. The van der Waals surface area contributed by atoms with E-state index in [0.717, 1.165) is 16.3 Å². The van der Waals surface area contributed by atoms with Crippen LogP contribution in [0.2, 0.25) is 0 Å². The Bertz CT molecular complexity index is 702. The summed E-state index contributed by atoms with van der Waals surface area (Å²) in [6.07, 6.45) is 2.35. The summed E-state index contributed by atoms with van der Waals surface area (Å²) >= 11 is 1.45. The maximum absolute atomic E-state index is 12.0. The van der Waals surface area contributed by atoms with E-state index in [1.54, 1.807) is 0 Å². The summed E-state index contributed by atoms with van der Waals surface area (Å²) in [4.78, 5) is 12.0. The van der Waals surface area contributed by atoms with Gasteiger partial charge in [-0.05, 0) is 29.9 Å². The third-order valence-corrected chi connectivity index (χ3v) is 4.67. The van der Waals surface area contributed by atoms with Gasteiger partial charge in [0.25, 0.3) is 5.91 Å². The number of nitrogens with one attached hydrogen (secondary N) is 1. The normalized spacial score (nSPS) is 14.6. The van der Waals surface area contributed by atoms with Crippen LogP contribution in [0.3, 0.4) is 0 Å². The van der Waals surface area contributed by atoms with Gasteiger partial charge in [-0.1, -0.05) is 50.3 Å². The zero-order chi connectivity index (χ0) is 16.4. The molecule has 1 fully saturated rings. The van der Waals surface area contributed by atoms with Crippen molar-refractivity contribution in [2.24, 2.45) is 0 Å². The molecule has 0 saturated heterocycles. The quantitative estimate of drug-likeness (QED) is 0.906. The topological polar surface area (TPSA) is 64.1 Å². The molecule has 1 N–H and O–H groups in total. The van der Waals surface area contributed by atoms with Crippen molar-refractivity contribution in [1.29, 1.82) is 0 Å². The zero-order valence-electron chi connectivity index (χ0n) is 13.6. The fourth-order valence-corrected chi connectivity index (χ4v) is 3.22. The van der Waals surface area contributed by atoms with Gasteiger partial charge in [0.2, 0.25) is 5.13 Å². The molecular formula is C17H21N3O2S. The molecule has 3 rings (SSSR count). The second-order valence-corrected chi connectivity index (χ2v) is 7.81. The number of carbonyl (C=O) groups excluding carboxylic acids is 1. The molecular weight excluding hydrogens is 310 g/mol. The Balaban J connectivity index is 1.58. The van der Waals surface area contributed by atoms with Crippen LogP contribution in [0.5, 0.6) is 5.75 Å². The Hall–Kier alpha value is -1.95. The van der Waals surface area contributed by atoms with E-state index in [1.165, 1.54) is 24.2 Å². The van der Waals surface area contributed by atoms with Gasteiger partial charge < -0.3 is 4.74 Å². The summed E-state index contributed by atoms with van der Waals surface area (Å²) < 4.78 is 5.71. The number of nitrogens with zero attached hydrogens (tertiary/aromatic N) is 2. The maximum Gasteiger partial charge on any atom is 0.264 e. The molecule has 0 bridgehead atoms. The van der Waals surface area contributed by atoms with Crippen LogP contribution in [0, 0.1) is 0 Å². The van der Waals surface area contributed by atoms with E-state index in [4.69, 9.17) is 4.74 Å². The third kappa shape index (κ3) is 4.07. The SMILES string of the molecule is CC(C)(C)c1ccccc1OCC(=O)Nc1nnc(C2CC2)s1. The Morgan fingerprint density at radius 3 is 2.74 bits per heavy atom. The number of aromatic nitrogens is 2. The van der Waals surface area contributed by atoms with E-state index in [2.05, 4.69) is 36.3 Å². The van der Waals surface area contributed by atoms with Crippen LogP contribution in [-0.2, 0) is 10.2 Å². The summed E-state index contributed by atoms with van der Waals surface area (Å²) in [6, 6.07) is 7.81. The minimum atomic E-state index is -0.216. The lowest BCUT2D eigenvalue weighted by Gasteiger charge is -2.22. The Morgan fingerprint density at radius 1 is 1.30 bits per heavy atom. The van der Waals surface area contributed by atoms with Crippen molar-refractivity contribution < 1.29 is 9.53 Å². The van der Waals surface area contributed by atoms with E-state index in [9.17, 15) is 4.79 Å². The number of benzene rings is 1. The maximum atomic E-state index is 12.0. The van der Waals surface area contributed by atoms with Crippen molar-refractivity contribution >= 4 is 22.4 Å². The van der Waals surface area contributed by atoms with Crippen molar-refractivity contribution in [3.05, 3.63) is 34.8 Å². The average molecular weight is 331 g/mol. The third-order valence-electron chi connectivity index (χ3n) is 3.67. The number of carbonyl (C=O) groups is 1. The molecule has 1 aliphatic carbocycles. The van der Waals surface area contributed by atoms with E-state index in [1.807, 2.05) is 24.3 Å². The number of hydrogen-bond acceptors (Lipinski definition) is 5. The number of rotatable bonds is 5. The summed E-state index contributed by atoms with van der Waals surface area (Å²) in [5, 5.41) is 12.4. The Morgan fingerprint density at radius 2 is 2.04 bits per heavy atom. The number of ether oxygens (including phenoxy) is 1. The van der Waals surface area contributed by atoms with Crippen molar-refractivity contribution in [2.45, 2.75) is 44.9 Å². The van der Waals surface area contributed by atoms with Gasteiger partial charge >= 0.3 is 0 Å². The molecule has 122 valence electrons. The molecule has 2 aromatic rings. The van der Waals surface area contributed by atoms with Gasteiger partial charge in [0.15, 0.2) is 6.61 Å². The summed E-state index contributed by atoms with van der Waals surface area (Å²) in [7, 11) is 0. The lowest BCUT2D eigenvalue weighted by atomic mass is 9.86. The molecule has 1 amide bonds. The van der Waals surface area contributed by atoms with Crippen LogP contribution in [0.4, 0.5) is 5.13 Å². The zero-order valence-corrected chi connectivity index (χ0v) is 14.4. The van der Waals surface area contributed by atoms with Crippen LogP contribution in [0.1, 0.15) is 50.1 Å². The molecule has 5 nitrogen and oxygen atoms in total. The highest BCUT2D eigenvalue weighted by molar-refractivity contribution is 7.15. The number of amides is 1.